The molecule has 6 heteroatoms. The van der Waals surface area contributed by atoms with E-state index in [0.717, 1.165) is 44.8 Å². The molecule has 27 heavy (non-hydrogen) atoms. The number of ether oxygens (including phenoxy) is 2. The van der Waals surface area contributed by atoms with Crippen molar-refractivity contribution in [1.82, 2.24) is 10.2 Å². The second-order valence-electron chi connectivity index (χ2n) is 7.36. The molecule has 1 aromatic carbocycles. The Morgan fingerprint density at radius 1 is 1.11 bits per heavy atom. The van der Waals surface area contributed by atoms with Gasteiger partial charge < -0.3 is 19.7 Å². The Hall–Kier alpha value is -1.46. The standard InChI is InChI=1S/C21H32N2O3.ClH/c1-3-13-26-19-8-7-17(14-20(19)25-4-2)21(24)23-11-9-18(10-12-23)22-15-16-5-6-16;/h7-8,14,16,18,22H,3-6,9-13,15H2,1-2H3;1H. The van der Waals surface area contributed by atoms with Crippen molar-refractivity contribution in [2.75, 3.05) is 32.8 Å². The van der Waals surface area contributed by atoms with Crippen LogP contribution in [0.3, 0.4) is 0 Å². The maximum Gasteiger partial charge on any atom is 0.253 e. The molecular formula is C21H33ClN2O3. The van der Waals surface area contributed by atoms with E-state index in [-0.39, 0.29) is 18.3 Å². The number of hydrogen-bond donors (Lipinski definition) is 1. The Kier molecular flexibility index (Phi) is 8.71. The van der Waals surface area contributed by atoms with Crippen molar-refractivity contribution in [2.24, 2.45) is 5.92 Å². The summed E-state index contributed by atoms with van der Waals surface area (Å²) < 4.78 is 11.4. The minimum Gasteiger partial charge on any atom is -0.490 e. The Balaban J connectivity index is 0.00000261. The molecule has 1 aliphatic heterocycles. The second-order valence-corrected chi connectivity index (χ2v) is 7.36. The lowest BCUT2D eigenvalue weighted by Crippen LogP contribution is -2.45. The molecule has 0 spiro atoms. The zero-order chi connectivity index (χ0) is 18.4. The van der Waals surface area contributed by atoms with Crippen molar-refractivity contribution in [1.29, 1.82) is 0 Å². The van der Waals surface area contributed by atoms with Crippen LogP contribution in [-0.4, -0.2) is 49.7 Å². The highest BCUT2D eigenvalue weighted by molar-refractivity contribution is 5.95. The summed E-state index contributed by atoms with van der Waals surface area (Å²) in [6.45, 7) is 8.00. The molecule has 2 fully saturated rings. The summed E-state index contributed by atoms with van der Waals surface area (Å²) in [5.41, 5.74) is 0.682. The SMILES string of the molecule is CCCOc1ccc(C(=O)N2CCC(NCC3CC3)CC2)cc1OCC.Cl. The molecule has 2 aliphatic rings. The zero-order valence-electron chi connectivity index (χ0n) is 16.5. The first-order valence-corrected chi connectivity index (χ1v) is 10.1. The van der Waals surface area contributed by atoms with Gasteiger partial charge in [-0.2, -0.15) is 0 Å². The van der Waals surface area contributed by atoms with Crippen LogP contribution in [0.4, 0.5) is 0 Å². The number of carbonyl (C=O) groups is 1. The second kappa shape index (κ2) is 10.8. The Morgan fingerprint density at radius 2 is 1.85 bits per heavy atom. The van der Waals surface area contributed by atoms with Crippen LogP contribution in [0, 0.1) is 5.92 Å². The lowest BCUT2D eigenvalue weighted by molar-refractivity contribution is 0.0704. The van der Waals surface area contributed by atoms with Crippen LogP contribution < -0.4 is 14.8 Å². The van der Waals surface area contributed by atoms with E-state index in [1.165, 1.54) is 12.8 Å². The fourth-order valence-electron chi connectivity index (χ4n) is 3.37. The number of nitrogens with zero attached hydrogens (tertiary/aromatic N) is 1. The van der Waals surface area contributed by atoms with Gasteiger partial charge in [-0.3, -0.25) is 4.79 Å². The Labute approximate surface area is 169 Å². The maximum atomic E-state index is 12.9. The first-order valence-electron chi connectivity index (χ1n) is 10.1. The summed E-state index contributed by atoms with van der Waals surface area (Å²) >= 11 is 0. The molecule has 1 heterocycles. The molecule has 5 nitrogen and oxygen atoms in total. The van der Waals surface area contributed by atoms with Crippen molar-refractivity contribution in [3.05, 3.63) is 23.8 Å². The number of halogens is 1. The van der Waals surface area contributed by atoms with Crippen LogP contribution in [0.15, 0.2) is 18.2 Å². The van der Waals surface area contributed by atoms with Gasteiger partial charge in [0.05, 0.1) is 13.2 Å². The summed E-state index contributed by atoms with van der Waals surface area (Å²) in [6, 6.07) is 6.10. The average Bonchev–Trinajstić information content (AvgIpc) is 3.50. The van der Waals surface area contributed by atoms with E-state index in [1.807, 2.05) is 30.0 Å². The highest BCUT2D eigenvalue weighted by Crippen LogP contribution is 2.30. The van der Waals surface area contributed by atoms with Gasteiger partial charge >= 0.3 is 0 Å². The van der Waals surface area contributed by atoms with Crippen LogP contribution in [0.25, 0.3) is 0 Å². The van der Waals surface area contributed by atoms with E-state index in [9.17, 15) is 4.79 Å². The minimum absolute atomic E-state index is 0. The van der Waals surface area contributed by atoms with E-state index in [0.29, 0.717) is 36.3 Å². The van der Waals surface area contributed by atoms with Gasteiger partial charge in [-0.25, -0.2) is 0 Å². The van der Waals surface area contributed by atoms with Crippen molar-refractivity contribution >= 4 is 18.3 Å². The molecule has 0 radical (unpaired) electrons. The summed E-state index contributed by atoms with van der Waals surface area (Å²) in [5.74, 6) is 2.37. The number of likely N-dealkylation sites (tertiary alicyclic amines) is 1. The highest BCUT2D eigenvalue weighted by Gasteiger charge is 2.26. The van der Waals surface area contributed by atoms with E-state index < -0.39 is 0 Å². The third-order valence-electron chi connectivity index (χ3n) is 5.13. The van der Waals surface area contributed by atoms with Gasteiger partial charge in [-0.15, -0.1) is 12.4 Å². The summed E-state index contributed by atoms with van der Waals surface area (Å²) in [5, 5.41) is 3.66. The van der Waals surface area contributed by atoms with Crippen molar-refractivity contribution in [3.8, 4) is 11.5 Å². The number of amides is 1. The smallest absolute Gasteiger partial charge is 0.253 e. The van der Waals surface area contributed by atoms with Crippen LogP contribution in [0.2, 0.25) is 0 Å². The predicted molar refractivity (Wildman–Crippen MR) is 110 cm³/mol. The monoisotopic (exact) mass is 396 g/mol. The van der Waals surface area contributed by atoms with Gasteiger partial charge in [0.2, 0.25) is 0 Å². The largest absolute Gasteiger partial charge is 0.490 e. The molecule has 0 unspecified atom stereocenters. The zero-order valence-corrected chi connectivity index (χ0v) is 17.4. The molecule has 152 valence electrons. The molecule has 3 rings (SSSR count). The number of carbonyl (C=O) groups excluding carboxylic acids is 1. The molecule has 1 saturated carbocycles. The average molecular weight is 397 g/mol. The molecular weight excluding hydrogens is 364 g/mol. The van der Waals surface area contributed by atoms with Gasteiger partial charge in [0, 0.05) is 24.7 Å². The lowest BCUT2D eigenvalue weighted by atomic mass is 10.0. The third kappa shape index (κ3) is 6.28. The van der Waals surface area contributed by atoms with Gasteiger partial charge in [0.1, 0.15) is 0 Å². The summed E-state index contributed by atoms with van der Waals surface area (Å²) in [7, 11) is 0. The van der Waals surface area contributed by atoms with Crippen LogP contribution in [-0.2, 0) is 0 Å². The Bertz CT molecular complexity index is 599. The Morgan fingerprint density at radius 3 is 2.48 bits per heavy atom. The predicted octanol–water partition coefficient (Wildman–Crippen LogP) is 3.90. The number of benzene rings is 1. The first kappa shape index (κ1) is 21.8. The van der Waals surface area contributed by atoms with E-state index in [2.05, 4.69) is 12.2 Å². The fraction of sp³-hybridized carbons (Fsp3) is 0.667. The molecule has 1 amide bonds. The van der Waals surface area contributed by atoms with E-state index in [4.69, 9.17) is 9.47 Å². The first-order chi connectivity index (χ1) is 12.7. The van der Waals surface area contributed by atoms with Crippen molar-refractivity contribution < 1.29 is 14.3 Å². The number of hydrogen-bond acceptors (Lipinski definition) is 4. The molecule has 0 aromatic heterocycles. The van der Waals surface area contributed by atoms with Crippen LogP contribution in [0.5, 0.6) is 11.5 Å². The number of rotatable bonds is 9. The van der Waals surface area contributed by atoms with Gasteiger partial charge in [-0.05, 0) is 69.7 Å². The topological polar surface area (TPSA) is 50.8 Å². The van der Waals surface area contributed by atoms with Crippen molar-refractivity contribution in [3.63, 3.8) is 0 Å². The fourth-order valence-corrected chi connectivity index (χ4v) is 3.37. The van der Waals surface area contributed by atoms with E-state index >= 15 is 0 Å². The molecule has 1 aromatic rings. The summed E-state index contributed by atoms with van der Waals surface area (Å²) in [6.07, 6.45) is 5.77. The van der Waals surface area contributed by atoms with Crippen LogP contribution >= 0.6 is 12.4 Å². The molecule has 1 saturated heterocycles. The quantitative estimate of drug-likeness (QED) is 0.687. The normalized spacial score (nSPS) is 17.3. The molecule has 1 aliphatic carbocycles. The van der Waals surface area contributed by atoms with E-state index in [1.54, 1.807) is 0 Å². The third-order valence-corrected chi connectivity index (χ3v) is 5.13. The number of piperidine rings is 1. The molecule has 0 bridgehead atoms. The van der Waals surface area contributed by atoms with Crippen LogP contribution in [0.1, 0.15) is 56.3 Å². The maximum absolute atomic E-state index is 12.9. The lowest BCUT2D eigenvalue weighted by Gasteiger charge is -2.32. The molecule has 0 atom stereocenters. The van der Waals surface area contributed by atoms with Gasteiger partial charge in [0.15, 0.2) is 11.5 Å². The highest BCUT2D eigenvalue weighted by atomic mass is 35.5. The number of nitrogens with one attached hydrogen (secondary N) is 1. The van der Waals surface area contributed by atoms with Gasteiger partial charge in [-0.1, -0.05) is 6.92 Å². The van der Waals surface area contributed by atoms with Crippen molar-refractivity contribution in [2.45, 2.75) is 52.0 Å². The summed E-state index contributed by atoms with van der Waals surface area (Å²) in [4.78, 5) is 14.8. The van der Waals surface area contributed by atoms with Gasteiger partial charge in [0.25, 0.3) is 5.91 Å². The minimum atomic E-state index is 0. The molecule has 1 N–H and O–H groups in total.